The molecule has 1 aliphatic heterocycles. The van der Waals surface area contributed by atoms with Crippen LogP contribution in [0.25, 0.3) is 0 Å². The maximum absolute atomic E-state index is 9.21. The molecule has 1 saturated carbocycles. The molecule has 2 aliphatic rings. The van der Waals surface area contributed by atoms with E-state index < -0.39 is 0 Å². The van der Waals surface area contributed by atoms with Crippen LogP contribution in [-0.2, 0) is 0 Å². The highest BCUT2D eigenvalue weighted by atomic mass is 15.3. The molecular formula is C17H18N6. The van der Waals surface area contributed by atoms with Gasteiger partial charge in [0.25, 0.3) is 0 Å². The van der Waals surface area contributed by atoms with Gasteiger partial charge in [-0.2, -0.15) is 10.4 Å². The number of pyridine rings is 1. The monoisotopic (exact) mass is 306 g/mol. The fraction of sp³-hybridized carbons (Fsp3) is 0.412. The number of piperazine rings is 1. The highest BCUT2D eigenvalue weighted by Crippen LogP contribution is 2.38. The van der Waals surface area contributed by atoms with E-state index in [1.54, 1.807) is 12.3 Å². The number of nitriles is 1. The van der Waals surface area contributed by atoms with Gasteiger partial charge in [-0.3, -0.25) is 0 Å². The van der Waals surface area contributed by atoms with Crippen molar-refractivity contribution in [2.45, 2.75) is 18.8 Å². The number of aromatic nitrogens is 3. The van der Waals surface area contributed by atoms with Gasteiger partial charge in [0.05, 0.1) is 11.3 Å². The van der Waals surface area contributed by atoms with E-state index in [9.17, 15) is 5.26 Å². The van der Waals surface area contributed by atoms with Crippen LogP contribution in [0.3, 0.4) is 0 Å². The summed E-state index contributed by atoms with van der Waals surface area (Å²) in [4.78, 5) is 8.78. The Hall–Kier alpha value is -2.68. The zero-order valence-electron chi connectivity index (χ0n) is 12.9. The van der Waals surface area contributed by atoms with E-state index >= 15 is 0 Å². The second-order valence-corrected chi connectivity index (χ2v) is 6.05. The van der Waals surface area contributed by atoms with Crippen LogP contribution >= 0.6 is 0 Å². The minimum absolute atomic E-state index is 0.634. The maximum atomic E-state index is 9.21. The van der Waals surface area contributed by atoms with E-state index in [0.29, 0.717) is 11.5 Å². The predicted molar refractivity (Wildman–Crippen MR) is 87.4 cm³/mol. The van der Waals surface area contributed by atoms with Crippen LogP contribution < -0.4 is 9.80 Å². The second-order valence-electron chi connectivity index (χ2n) is 6.05. The smallest absolute Gasteiger partial charge is 0.151 e. The first-order chi connectivity index (χ1) is 11.3. The lowest BCUT2D eigenvalue weighted by Crippen LogP contribution is -2.47. The predicted octanol–water partition coefficient (Wildman–Crippen LogP) is 1.95. The highest BCUT2D eigenvalue weighted by molar-refractivity contribution is 5.54. The third-order valence-corrected chi connectivity index (χ3v) is 4.48. The molecule has 0 bridgehead atoms. The standard InChI is InChI=1S/C17H18N6/c18-12-14-2-1-7-19-17(14)23-10-8-22(9-11-23)16-6-5-15(20-21-16)13-3-4-13/h1-2,5-7,13H,3-4,8-11H2. The molecule has 2 aromatic heterocycles. The van der Waals surface area contributed by atoms with E-state index in [1.165, 1.54) is 12.8 Å². The quantitative estimate of drug-likeness (QED) is 0.863. The van der Waals surface area contributed by atoms with E-state index in [1.807, 2.05) is 6.07 Å². The molecule has 2 aromatic rings. The van der Waals surface area contributed by atoms with E-state index in [4.69, 9.17) is 0 Å². The Bertz CT molecular complexity index is 723. The zero-order valence-corrected chi connectivity index (χ0v) is 12.9. The molecule has 6 nitrogen and oxygen atoms in total. The summed E-state index contributed by atoms with van der Waals surface area (Å²) >= 11 is 0. The third-order valence-electron chi connectivity index (χ3n) is 4.48. The van der Waals surface area contributed by atoms with Crippen LogP contribution in [0.2, 0.25) is 0 Å². The van der Waals surface area contributed by atoms with Crippen molar-refractivity contribution in [2.75, 3.05) is 36.0 Å². The van der Waals surface area contributed by atoms with Crippen molar-refractivity contribution < 1.29 is 0 Å². The summed E-state index contributed by atoms with van der Waals surface area (Å²) in [6.07, 6.45) is 4.24. The Morgan fingerprint density at radius 1 is 1.00 bits per heavy atom. The third kappa shape index (κ3) is 2.82. The summed E-state index contributed by atoms with van der Waals surface area (Å²) in [6.45, 7) is 3.38. The molecule has 23 heavy (non-hydrogen) atoms. The van der Waals surface area contributed by atoms with Gasteiger partial charge < -0.3 is 9.80 Å². The van der Waals surface area contributed by atoms with E-state index in [0.717, 1.165) is 43.5 Å². The molecule has 3 heterocycles. The number of hydrogen-bond acceptors (Lipinski definition) is 6. The fourth-order valence-electron chi connectivity index (χ4n) is 2.98. The molecule has 4 rings (SSSR count). The molecular weight excluding hydrogens is 288 g/mol. The van der Waals surface area contributed by atoms with Gasteiger partial charge in [-0.25, -0.2) is 4.98 Å². The lowest BCUT2D eigenvalue weighted by Gasteiger charge is -2.36. The molecule has 0 aromatic carbocycles. The van der Waals surface area contributed by atoms with Gasteiger partial charge in [-0.15, -0.1) is 5.10 Å². The Labute approximate surface area is 135 Å². The molecule has 0 unspecified atom stereocenters. The van der Waals surface area contributed by atoms with Gasteiger partial charge in [0.1, 0.15) is 11.9 Å². The van der Waals surface area contributed by atoms with Gasteiger partial charge in [0.2, 0.25) is 0 Å². The van der Waals surface area contributed by atoms with Crippen molar-refractivity contribution in [2.24, 2.45) is 0 Å². The minimum Gasteiger partial charge on any atom is -0.352 e. The number of rotatable bonds is 3. The van der Waals surface area contributed by atoms with Gasteiger partial charge in [-0.1, -0.05) is 0 Å². The van der Waals surface area contributed by atoms with E-state index in [2.05, 4.69) is 43.2 Å². The molecule has 0 radical (unpaired) electrons. The summed E-state index contributed by atoms with van der Waals surface area (Å²) in [5.41, 5.74) is 1.76. The lowest BCUT2D eigenvalue weighted by molar-refractivity contribution is 0.636. The van der Waals surface area contributed by atoms with Crippen molar-refractivity contribution >= 4 is 11.6 Å². The average molecular weight is 306 g/mol. The Kier molecular flexibility index (Phi) is 3.54. The molecule has 0 amide bonds. The molecule has 1 aliphatic carbocycles. The van der Waals surface area contributed by atoms with Gasteiger partial charge >= 0.3 is 0 Å². The largest absolute Gasteiger partial charge is 0.352 e. The normalized spacial score (nSPS) is 17.9. The number of anilines is 2. The summed E-state index contributed by atoms with van der Waals surface area (Å²) < 4.78 is 0. The van der Waals surface area contributed by atoms with Crippen LogP contribution in [0.5, 0.6) is 0 Å². The summed E-state index contributed by atoms with van der Waals surface area (Å²) in [6, 6.07) is 10.0. The molecule has 0 atom stereocenters. The van der Waals surface area contributed by atoms with Crippen molar-refractivity contribution in [1.82, 2.24) is 15.2 Å². The Morgan fingerprint density at radius 3 is 2.43 bits per heavy atom. The van der Waals surface area contributed by atoms with Crippen LogP contribution in [0.1, 0.15) is 30.0 Å². The molecule has 2 fully saturated rings. The summed E-state index contributed by atoms with van der Waals surface area (Å²) in [5.74, 6) is 2.36. The Morgan fingerprint density at radius 2 is 1.78 bits per heavy atom. The minimum atomic E-state index is 0.634. The topological polar surface area (TPSA) is 68.9 Å². The van der Waals surface area contributed by atoms with Crippen LogP contribution in [0, 0.1) is 11.3 Å². The van der Waals surface area contributed by atoms with Crippen molar-refractivity contribution in [3.63, 3.8) is 0 Å². The van der Waals surface area contributed by atoms with E-state index in [-0.39, 0.29) is 0 Å². The summed E-state index contributed by atoms with van der Waals surface area (Å²) in [5, 5.41) is 18.0. The van der Waals surface area contributed by atoms with Crippen molar-refractivity contribution in [1.29, 1.82) is 5.26 Å². The summed E-state index contributed by atoms with van der Waals surface area (Å²) in [7, 11) is 0. The zero-order chi connectivity index (χ0) is 15.6. The first-order valence-corrected chi connectivity index (χ1v) is 8.04. The van der Waals surface area contributed by atoms with Crippen molar-refractivity contribution in [3.8, 4) is 6.07 Å². The molecule has 6 heteroatoms. The molecule has 0 N–H and O–H groups in total. The average Bonchev–Trinajstić information content (AvgIpc) is 3.47. The fourth-order valence-corrected chi connectivity index (χ4v) is 2.98. The maximum Gasteiger partial charge on any atom is 0.151 e. The molecule has 0 spiro atoms. The number of hydrogen-bond donors (Lipinski definition) is 0. The second kappa shape index (κ2) is 5.84. The highest BCUT2D eigenvalue weighted by Gasteiger charge is 2.26. The SMILES string of the molecule is N#Cc1cccnc1N1CCN(c2ccc(C3CC3)nn2)CC1. The van der Waals surface area contributed by atoms with Crippen LogP contribution in [0.4, 0.5) is 11.6 Å². The van der Waals surface area contributed by atoms with Crippen molar-refractivity contribution in [3.05, 3.63) is 41.7 Å². The first kappa shape index (κ1) is 13.9. The van der Waals surface area contributed by atoms with Gasteiger partial charge in [-0.05, 0) is 37.1 Å². The van der Waals surface area contributed by atoms with Gasteiger partial charge in [0.15, 0.2) is 5.82 Å². The van der Waals surface area contributed by atoms with Crippen LogP contribution in [-0.4, -0.2) is 41.4 Å². The number of nitrogens with zero attached hydrogens (tertiary/aromatic N) is 6. The van der Waals surface area contributed by atoms with Gasteiger partial charge in [0, 0.05) is 38.3 Å². The first-order valence-electron chi connectivity index (χ1n) is 8.04. The van der Waals surface area contributed by atoms with Crippen LogP contribution in [0.15, 0.2) is 30.5 Å². The molecule has 116 valence electrons. The molecule has 1 saturated heterocycles. The Balaban J connectivity index is 1.43. The lowest BCUT2D eigenvalue weighted by atomic mass is 10.2.